The molecule has 11 heteroatoms. The van der Waals surface area contributed by atoms with Crippen LogP contribution in [0.15, 0.2) is 57.7 Å². The quantitative estimate of drug-likeness (QED) is 0.292. The van der Waals surface area contributed by atoms with Gasteiger partial charge in [-0.1, -0.05) is 34.4 Å². The van der Waals surface area contributed by atoms with Crippen LogP contribution < -0.4 is 10.1 Å². The number of aromatic nitrogens is 3. The van der Waals surface area contributed by atoms with Gasteiger partial charge in [0.05, 0.1) is 16.6 Å². The molecule has 2 aromatic carbocycles. The highest BCUT2D eigenvalue weighted by molar-refractivity contribution is 9.10. The molecule has 2 heterocycles. The molecule has 0 atom stereocenters. The van der Waals surface area contributed by atoms with E-state index in [4.69, 9.17) is 32.5 Å². The number of benzene rings is 2. The molecule has 4 aromatic rings. The van der Waals surface area contributed by atoms with Crippen molar-refractivity contribution in [3.63, 3.8) is 0 Å². The molecule has 0 aliphatic carbocycles. The third kappa shape index (κ3) is 5.55. The molecule has 7 nitrogen and oxygen atoms in total. The largest absolute Gasteiger partial charge is 0.489 e. The van der Waals surface area contributed by atoms with E-state index in [0.29, 0.717) is 44.0 Å². The maximum absolute atomic E-state index is 13.1. The van der Waals surface area contributed by atoms with Crippen LogP contribution in [-0.4, -0.2) is 20.8 Å². The summed E-state index contributed by atoms with van der Waals surface area (Å²) in [6, 6.07) is 10.8. The Bertz CT molecular complexity index is 1310. The number of nitrogens with zero attached hydrogens (tertiary/aromatic N) is 3. The minimum absolute atomic E-state index is 0.0222. The van der Waals surface area contributed by atoms with Crippen molar-refractivity contribution in [3.05, 3.63) is 91.6 Å². The number of carbonyl (C=O) groups is 1. The van der Waals surface area contributed by atoms with Gasteiger partial charge in [0.25, 0.3) is 5.91 Å². The van der Waals surface area contributed by atoms with E-state index in [2.05, 4.69) is 31.5 Å². The van der Waals surface area contributed by atoms with Gasteiger partial charge in [0.2, 0.25) is 0 Å². The summed E-state index contributed by atoms with van der Waals surface area (Å²) in [5, 5.41) is 12.0. The van der Waals surface area contributed by atoms with Crippen LogP contribution in [0.4, 0.5) is 10.2 Å². The lowest BCUT2D eigenvalue weighted by atomic mass is 10.2. The topological polar surface area (TPSA) is 82.2 Å². The van der Waals surface area contributed by atoms with Gasteiger partial charge in [0, 0.05) is 16.2 Å². The number of ether oxygens (including phenoxy) is 1. The van der Waals surface area contributed by atoms with E-state index in [0.717, 1.165) is 5.56 Å². The van der Waals surface area contributed by atoms with E-state index < -0.39 is 5.91 Å². The Hall–Kier alpha value is -2.88. The van der Waals surface area contributed by atoms with Crippen molar-refractivity contribution in [2.45, 2.75) is 20.1 Å². The highest BCUT2D eigenvalue weighted by atomic mass is 79.9. The summed E-state index contributed by atoms with van der Waals surface area (Å²) in [6.07, 6.45) is 1.72. The average molecular weight is 554 g/mol. The first-order chi connectivity index (χ1) is 15.8. The molecule has 0 aliphatic rings. The second kappa shape index (κ2) is 9.94. The summed E-state index contributed by atoms with van der Waals surface area (Å²) in [4.78, 5) is 12.9. The summed E-state index contributed by atoms with van der Waals surface area (Å²) in [5.41, 5.74) is 1.36. The highest BCUT2D eigenvalue weighted by Gasteiger charge is 2.22. The van der Waals surface area contributed by atoms with Gasteiger partial charge < -0.3 is 14.6 Å². The smallest absolute Gasteiger partial charge is 0.279 e. The molecule has 0 aliphatic heterocycles. The minimum atomic E-state index is -0.514. The van der Waals surface area contributed by atoms with Crippen molar-refractivity contribution in [2.24, 2.45) is 0 Å². The molecule has 4 rings (SSSR count). The lowest BCUT2D eigenvalue weighted by molar-refractivity contribution is 0.101. The van der Waals surface area contributed by atoms with Crippen LogP contribution in [0, 0.1) is 12.7 Å². The van der Waals surface area contributed by atoms with Gasteiger partial charge in [-0.25, -0.2) is 4.39 Å². The lowest BCUT2D eigenvalue weighted by Gasteiger charge is -2.07. The van der Waals surface area contributed by atoms with Crippen molar-refractivity contribution < 1.29 is 18.4 Å². The molecule has 1 N–H and O–H groups in total. The van der Waals surface area contributed by atoms with E-state index in [9.17, 15) is 9.18 Å². The number of amides is 1. The van der Waals surface area contributed by atoms with E-state index in [1.165, 1.54) is 24.3 Å². The first-order valence-corrected chi connectivity index (χ1v) is 11.2. The average Bonchev–Trinajstić information content (AvgIpc) is 3.31. The Morgan fingerprint density at radius 2 is 2.00 bits per heavy atom. The van der Waals surface area contributed by atoms with Crippen LogP contribution in [-0.2, 0) is 13.2 Å². The molecule has 0 saturated heterocycles. The van der Waals surface area contributed by atoms with Crippen LogP contribution >= 0.6 is 39.1 Å². The van der Waals surface area contributed by atoms with Gasteiger partial charge in [-0.15, -0.1) is 0 Å². The van der Waals surface area contributed by atoms with Crippen molar-refractivity contribution in [1.29, 1.82) is 0 Å². The van der Waals surface area contributed by atoms with Crippen LogP contribution in [0.3, 0.4) is 0 Å². The minimum Gasteiger partial charge on any atom is -0.489 e. The summed E-state index contributed by atoms with van der Waals surface area (Å²) < 4.78 is 26.1. The summed E-state index contributed by atoms with van der Waals surface area (Å²) in [7, 11) is 0. The Morgan fingerprint density at radius 3 is 2.73 bits per heavy atom. The molecule has 0 bridgehead atoms. The fraction of sp³-hybridized carbons (Fsp3) is 0.136. The van der Waals surface area contributed by atoms with E-state index in [-0.39, 0.29) is 18.1 Å². The van der Waals surface area contributed by atoms with E-state index >= 15 is 0 Å². The monoisotopic (exact) mass is 552 g/mol. The third-order valence-electron chi connectivity index (χ3n) is 4.69. The second-order valence-electron chi connectivity index (χ2n) is 7.02. The van der Waals surface area contributed by atoms with Gasteiger partial charge in [0.15, 0.2) is 11.5 Å². The van der Waals surface area contributed by atoms with Crippen LogP contribution in [0.2, 0.25) is 10.0 Å². The van der Waals surface area contributed by atoms with E-state index in [1.807, 2.05) is 6.07 Å². The normalized spacial score (nSPS) is 10.9. The first kappa shape index (κ1) is 23.3. The molecule has 170 valence electrons. The van der Waals surface area contributed by atoms with Crippen LogP contribution in [0.1, 0.15) is 27.4 Å². The standard InChI is InChI=1S/C22H16BrCl2FN4O3/c1-12-17(11-32-16-6-4-15(26)5-7-16)20(29-33-12)22(31)27-21-18(23)10-30(28-21)9-13-2-3-14(24)8-19(13)25/h2-8,10H,9,11H2,1H3,(H,27,28,31). The number of anilines is 1. The fourth-order valence-electron chi connectivity index (χ4n) is 2.98. The fourth-order valence-corrected chi connectivity index (χ4v) is 3.86. The van der Waals surface area contributed by atoms with Crippen molar-refractivity contribution in [3.8, 4) is 5.75 Å². The number of hydrogen-bond acceptors (Lipinski definition) is 5. The van der Waals surface area contributed by atoms with Crippen molar-refractivity contribution in [2.75, 3.05) is 5.32 Å². The van der Waals surface area contributed by atoms with Crippen molar-refractivity contribution in [1.82, 2.24) is 14.9 Å². The molecule has 1 amide bonds. The van der Waals surface area contributed by atoms with Gasteiger partial charge in [-0.05, 0) is 64.8 Å². The molecular weight excluding hydrogens is 538 g/mol. The molecule has 0 fully saturated rings. The maximum Gasteiger partial charge on any atom is 0.279 e. The number of rotatable bonds is 7. The lowest BCUT2D eigenvalue weighted by Crippen LogP contribution is -2.16. The number of halogens is 4. The summed E-state index contributed by atoms with van der Waals surface area (Å²) in [5.74, 6) is 0.304. The summed E-state index contributed by atoms with van der Waals surface area (Å²) >= 11 is 15.6. The zero-order valence-corrected chi connectivity index (χ0v) is 20.2. The van der Waals surface area contributed by atoms with Gasteiger partial charge in [-0.2, -0.15) is 5.10 Å². The maximum atomic E-state index is 13.1. The molecule has 0 radical (unpaired) electrons. The zero-order valence-electron chi connectivity index (χ0n) is 17.1. The van der Waals surface area contributed by atoms with E-state index in [1.54, 1.807) is 29.9 Å². The SMILES string of the molecule is Cc1onc(C(=O)Nc2nn(Cc3ccc(Cl)cc3Cl)cc2Br)c1COc1ccc(F)cc1. The van der Waals surface area contributed by atoms with Gasteiger partial charge in [-0.3, -0.25) is 9.48 Å². The number of aryl methyl sites for hydroxylation is 1. The predicted octanol–water partition coefficient (Wildman–Crippen LogP) is 6.27. The predicted molar refractivity (Wildman–Crippen MR) is 125 cm³/mol. The molecule has 0 unspecified atom stereocenters. The van der Waals surface area contributed by atoms with Gasteiger partial charge >= 0.3 is 0 Å². The number of hydrogen-bond donors (Lipinski definition) is 1. The number of nitrogens with one attached hydrogen (secondary N) is 1. The summed E-state index contributed by atoms with van der Waals surface area (Å²) in [6.45, 7) is 2.08. The molecule has 0 spiro atoms. The molecule has 2 aromatic heterocycles. The Kier molecular flexibility index (Phi) is 7.02. The molecule has 0 saturated carbocycles. The Labute approximate surface area is 206 Å². The first-order valence-electron chi connectivity index (χ1n) is 9.62. The Morgan fingerprint density at radius 1 is 1.24 bits per heavy atom. The van der Waals surface area contributed by atoms with Crippen LogP contribution in [0.25, 0.3) is 0 Å². The molecule has 33 heavy (non-hydrogen) atoms. The highest BCUT2D eigenvalue weighted by Crippen LogP contribution is 2.26. The van der Waals surface area contributed by atoms with Crippen LogP contribution in [0.5, 0.6) is 5.75 Å². The van der Waals surface area contributed by atoms with Crippen molar-refractivity contribution >= 4 is 50.9 Å². The second-order valence-corrected chi connectivity index (χ2v) is 8.72. The number of carbonyl (C=O) groups excluding carboxylic acids is 1. The Balaban J connectivity index is 1.47. The zero-order chi connectivity index (χ0) is 23.5. The van der Waals surface area contributed by atoms with Gasteiger partial charge in [0.1, 0.15) is 23.9 Å². The molecular formula is C22H16BrCl2FN4O3. The third-order valence-corrected chi connectivity index (χ3v) is 5.86.